The smallest absolute Gasteiger partial charge is 0.230 e. The average molecular weight is 473 g/mol. The van der Waals surface area contributed by atoms with Crippen LogP contribution >= 0.6 is 11.8 Å². The lowest BCUT2D eigenvalue weighted by atomic mass is 9.93. The molecule has 4 aromatic rings. The van der Waals surface area contributed by atoms with Crippen molar-refractivity contribution in [3.63, 3.8) is 0 Å². The van der Waals surface area contributed by atoms with Gasteiger partial charge in [-0.05, 0) is 37.3 Å². The number of amides is 1. The van der Waals surface area contributed by atoms with Gasteiger partial charge in [-0.1, -0.05) is 72.4 Å². The maximum Gasteiger partial charge on any atom is 0.230 e. The zero-order chi connectivity index (χ0) is 23.3. The highest BCUT2D eigenvalue weighted by Gasteiger charge is 2.26. The van der Waals surface area contributed by atoms with Gasteiger partial charge in [0.25, 0.3) is 0 Å². The monoisotopic (exact) mass is 472 g/mol. The summed E-state index contributed by atoms with van der Waals surface area (Å²) in [4.78, 5) is 12.9. The summed E-state index contributed by atoms with van der Waals surface area (Å²) in [5.41, 5.74) is 4.78. The summed E-state index contributed by atoms with van der Waals surface area (Å²) < 4.78 is 4.13. The molecule has 2 heterocycles. The molecule has 1 aliphatic rings. The summed E-state index contributed by atoms with van der Waals surface area (Å²) in [6, 6.07) is 20.6. The van der Waals surface area contributed by atoms with Gasteiger partial charge < -0.3 is 9.88 Å². The molecule has 1 N–H and O–H groups in total. The number of hydrogen-bond acceptors (Lipinski definition) is 5. The van der Waals surface area contributed by atoms with Gasteiger partial charge in [-0.25, -0.2) is 0 Å². The number of nitrogens with one attached hydrogen (secondary N) is 1. The van der Waals surface area contributed by atoms with E-state index in [0.717, 1.165) is 42.4 Å². The maximum atomic E-state index is 12.9. The van der Waals surface area contributed by atoms with Crippen LogP contribution in [-0.4, -0.2) is 36.2 Å². The van der Waals surface area contributed by atoms with E-state index in [2.05, 4.69) is 54.1 Å². The van der Waals surface area contributed by atoms with Gasteiger partial charge in [0.05, 0.1) is 31.1 Å². The Balaban J connectivity index is 1.21. The van der Waals surface area contributed by atoms with E-state index in [0.29, 0.717) is 12.3 Å². The van der Waals surface area contributed by atoms with Gasteiger partial charge in [-0.2, -0.15) is 5.10 Å². The third kappa shape index (κ3) is 5.07. The van der Waals surface area contributed by atoms with Gasteiger partial charge in [-0.15, -0.1) is 10.2 Å². The minimum Gasteiger partial charge on any atom is -0.348 e. The molecular weight excluding hydrogens is 444 g/mol. The molecule has 1 amide bonds. The SMILES string of the molecule is Cc1nnc(SCC(=O)NC2CCCc3c2cnn3Cc2ccccc2)n1Cc1ccccc1. The van der Waals surface area contributed by atoms with E-state index in [9.17, 15) is 4.79 Å². The van der Waals surface area contributed by atoms with E-state index in [1.807, 2.05) is 49.5 Å². The molecule has 7 nitrogen and oxygen atoms in total. The van der Waals surface area contributed by atoms with Crippen LogP contribution in [0.25, 0.3) is 0 Å². The normalized spacial score (nSPS) is 15.1. The number of aryl methyl sites for hydroxylation is 1. The Bertz CT molecular complexity index is 1250. The lowest BCUT2D eigenvalue weighted by molar-refractivity contribution is -0.119. The van der Waals surface area contributed by atoms with Crippen molar-refractivity contribution >= 4 is 17.7 Å². The minimum atomic E-state index is 0.00491. The van der Waals surface area contributed by atoms with Crippen molar-refractivity contribution in [2.75, 3.05) is 5.75 Å². The Kier molecular flexibility index (Phi) is 6.76. The molecule has 0 saturated carbocycles. The van der Waals surface area contributed by atoms with Gasteiger partial charge in [0.15, 0.2) is 5.16 Å². The largest absolute Gasteiger partial charge is 0.348 e. The van der Waals surface area contributed by atoms with Crippen molar-refractivity contribution in [1.82, 2.24) is 29.9 Å². The van der Waals surface area contributed by atoms with Crippen LogP contribution < -0.4 is 5.32 Å². The lowest BCUT2D eigenvalue weighted by Gasteiger charge is -2.24. The van der Waals surface area contributed by atoms with E-state index >= 15 is 0 Å². The molecule has 0 fully saturated rings. The molecular formula is C26H28N6OS. The second-order valence-corrected chi connectivity index (χ2v) is 9.53. The van der Waals surface area contributed by atoms with Crippen molar-refractivity contribution < 1.29 is 4.79 Å². The number of fused-ring (bicyclic) bond motifs is 1. The van der Waals surface area contributed by atoms with E-state index in [1.165, 1.54) is 28.6 Å². The fourth-order valence-electron chi connectivity index (χ4n) is 4.44. The summed E-state index contributed by atoms with van der Waals surface area (Å²) in [5.74, 6) is 1.15. The van der Waals surface area contributed by atoms with Crippen molar-refractivity contribution in [2.24, 2.45) is 0 Å². The Morgan fingerprint density at radius 2 is 1.74 bits per heavy atom. The molecule has 174 valence electrons. The molecule has 2 aromatic carbocycles. The molecule has 1 aliphatic carbocycles. The Morgan fingerprint density at radius 3 is 2.47 bits per heavy atom. The van der Waals surface area contributed by atoms with Crippen LogP contribution in [0.1, 0.15) is 47.1 Å². The van der Waals surface area contributed by atoms with Crippen LogP contribution in [0.2, 0.25) is 0 Å². The molecule has 5 rings (SSSR count). The average Bonchev–Trinajstić information content (AvgIpc) is 3.43. The first-order valence-electron chi connectivity index (χ1n) is 11.6. The lowest BCUT2D eigenvalue weighted by Crippen LogP contribution is -2.32. The summed E-state index contributed by atoms with van der Waals surface area (Å²) >= 11 is 1.43. The maximum absolute atomic E-state index is 12.9. The van der Waals surface area contributed by atoms with Gasteiger partial charge in [0.1, 0.15) is 5.82 Å². The molecule has 1 atom stereocenters. The standard InChI is InChI=1S/C26H28N6OS/c1-19-29-30-26(31(19)16-20-9-4-2-5-10-20)34-18-25(33)28-23-13-8-14-24-22(23)15-27-32(24)17-21-11-6-3-7-12-21/h2-7,9-12,15,23H,8,13-14,16-18H2,1H3,(H,28,33). The molecule has 2 aromatic heterocycles. The first-order valence-corrected chi connectivity index (χ1v) is 12.6. The Morgan fingerprint density at radius 1 is 1.03 bits per heavy atom. The first kappa shape index (κ1) is 22.4. The number of carbonyl (C=O) groups excluding carboxylic acids is 1. The second-order valence-electron chi connectivity index (χ2n) is 8.59. The van der Waals surface area contributed by atoms with Crippen molar-refractivity contribution in [3.05, 3.63) is 95.1 Å². The van der Waals surface area contributed by atoms with Crippen molar-refractivity contribution in [3.8, 4) is 0 Å². The van der Waals surface area contributed by atoms with Crippen LogP contribution in [-0.2, 0) is 24.3 Å². The number of carbonyl (C=O) groups is 1. The van der Waals surface area contributed by atoms with Crippen molar-refractivity contribution in [2.45, 2.75) is 50.5 Å². The molecule has 1 unspecified atom stereocenters. The first-order chi connectivity index (χ1) is 16.7. The molecule has 0 saturated heterocycles. The van der Waals surface area contributed by atoms with E-state index in [-0.39, 0.29) is 11.9 Å². The molecule has 0 radical (unpaired) electrons. The summed E-state index contributed by atoms with van der Waals surface area (Å²) in [6.07, 6.45) is 4.89. The molecule has 0 aliphatic heterocycles. The number of rotatable bonds is 8. The van der Waals surface area contributed by atoms with Crippen molar-refractivity contribution in [1.29, 1.82) is 0 Å². The third-order valence-electron chi connectivity index (χ3n) is 6.19. The van der Waals surface area contributed by atoms with Gasteiger partial charge >= 0.3 is 0 Å². The summed E-state index contributed by atoms with van der Waals surface area (Å²) in [7, 11) is 0. The fraction of sp³-hybridized carbons (Fsp3) is 0.308. The number of hydrogen-bond donors (Lipinski definition) is 1. The molecule has 8 heteroatoms. The van der Waals surface area contributed by atoms with Crippen LogP contribution in [0.4, 0.5) is 0 Å². The Hall–Kier alpha value is -3.39. The number of benzene rings is 2. The second kappa shape index (κ2) is 10.3. The zero-order valence-corrected chi connectivity index (χ0v) is 20.0. The van der Waals surface area contributed by atoms with E-state index in [4.69, 9.17) is 0 Å². The van der Waals surface area contributed by atoms with Gasteiger partial charge in [0.2, 0.25) is 5.91 Å². The quantitative estimate of drug-likeness (QED) is 0.390. The highest BCUT2D eigenvalue weighted by molar-refractivity contribution is 7.99. The van der Waals surface area contributed by atoms with Gasteiger partial charge in [-0.3, -0.25) is 9.48 Å². The van der Waals surface area contributed by atoms with Crippen LogP contribution in [0.15, 0.2) is 72.0 Å². The Labute approximate surface area is 203 Å². The minimum absolute atomic E-state index is 0.00491. The predicted octanol–water partition coefficient (Wildman–Crippen LogP) is 4.17. The summed E-state index contributed by atoms with van der Waals surface area (Å²) in [5, 5.41) is 17.1. The third-order valence-corrected chi connectivity index (χ3v) is 7.16. The fourth-order valence-corrected chi connectivity index (χ4v) is 5.24. The number of aromatic nitrogens is 5. The summed E-state index contributed by atoms with van der Waals surface area (Å²) in [6.45, 7) is 3.38. The van der Waals surface area contributed by atoms with Gasteiger partial charge in [0, 0.05) is 11.3 Å². The predicted molar refractivity (Wildman–Crippen MR) is 133 cm³/mol. The van der Waals surface area contributed by atoms with E-state index in [1.54, 1.807) is 0 Å². The highest BCUT2D eigenvalue weighted by Crippen LogP contribution is 2.30. The number of thioether (sulfide) groups is 1. The zero-order valence-electron chi connectivity index (χ0n) is 19.2. The molecule has 34 heavy (non-hydrogen) atoms. The molecule has 0 spiro atoms. The van der Waals surface area contributed by atoms with E-state index < -0.39 is 0 Å². The van der Waals surface area contributed by atoms with Crippen LogP contribution in [0.3, 0.4) is 0 Å². The molecule has 0 bridgehead atoms. The van der Waals surface area contributed by atoms with Crippen LogP contribution in [0, 0.1) is 6.92 Å². The number of nitrogens with zero attached hydrogens (tertiary/aromatic N) is 5. The highest BCUT2D eigenvalue weighted by atomic mass is 32.2. The van der Waals surface area contributed by atoms with Crippen LogP contribution in [0.5, 0.6) is 0 Å². The topological polar surface area (TPSA) is 77.6 Å².